The van der Waals surface area contributed by atoms with Gasteiger partial charge in [0, 0.05) is 4.83 Å². The number of rotatable bonds is 5. The maximum absolute atomic E-state index is 3.89. The Morgan fingerprint density at radius 1 is 1.27 bits per heavy atom. The SMILES string of the molecule is CCCC(Br)C1CCCC(CC(C)C)C1. The third-order valence-corrected chi connectivity index (χ3v) is 4.91. The summed E-state index contributed by atoms with van der Waals surface area (Å²) in [5, 5.41) is 0. The fourth-order valence-corrected chi connectivity index (χ4v) is 3.99. The molecule has 0 radical (unpaired) electrons. The number of hydrogen-bond acceptors (Lipinski definition) is 0. The van der Waals surface area contributed by atoms with Crippen molar-refractivity contribution in [2.75, 3.05) is 0 Å². The molecule has 1 fully saturated rings. The topological polar surface area (TPSA) is 0 Å². The molecule has 1 rings (SSSR count). The highest BCUT2D eigenvalue weighted by atomic mass is 79.9. The highest BCUT2D eigenvalue weighted by Gasteiger charge is 2.26. The molecule has 0 aromatic heterocycles. The molecule has 0 spiro atoms. The van der Waals surface area contributed by atoms with Crippen LogP contribution >= 0.6 is 15.9 Å². The van der Waals surface area contributed by atoms with E-state index in [1.165, 1.54) is 44.9 Å². The van der Waals surface area contributed by atoms with Crippen LogP contribution in [0.3, 0.4) is 0 Å². The summed E-state index contributed by atoms with van der Waals surface area (Å²) in [7, 11) is 0. The van der Waals surface area contributed by atoms with Gasteiger partial charge in [-0.2, -0.15) is 0 Å². The minimum atomic E-state index is 0.789. The van der Waals surface area contributed by atoms with Crippen molar-refractivity contribution >= 4 is 15.9 Å². The van der Waals surface area contributed by atoms with E-state index in [0.717, 1.165) is 22.6 Å². The summed E-state index contributed by atoms with van der Waals surface area (Å²) in [6, 6.07) is 0. The van der Waals surface area contributed by atoms with Crippen LogP contribution in [-0.2, 0) is 0 Å². The maximum atomic E-state index is 3.89. The molecular weight excluding hydrogens is 248 g/mol. The van der Waals surface area contributed by atoms with Crippen molar-refractivity contribution in [3.05, 3.63) is 0 Å². The lowest BCUT2D eigenvalue weighted by Crippen LogP contribution is -2.23. The molecule has 0 amide bonds. The zero-order valence-electron chi connectivity index (χ0n) is 10.6. The van der Waals surface area contributed by atoms with Gasteiger partial charge in [-0.05, 0) is 43.4 Å². The lowest BCUT2D eigenvalue weighted by molar-refractivity contribution is 0.230. The van der Waals surface area contributed by atoms with Crippen LogP contribution in [0.25, 0.3) is 0 Å². The Labute approximate surface area is 104 Å². The molecule has 15 heavy (non-hydrogen) atoms. The minimum Gasteiger partial charge on any atom is -0.0888 e. The van der Waals surface area contributed by atoms with Gasteiger partial charge in [-0.15, -0.1) is 0 Å². The molecule has 0 aromatic carbocycles. The number of halogens is 1. The molecule has 90 valence electrons. The maximum Gasteiger partial charge on any atom is 0.0174 e. The molecule has 1 aliphatic rings. The van der Waals surface area contributed by atoms with E-state index in [9.17, 15) is 0 Å². The van der Waals surface area contributed by atoms with E-state index < -0.39 is 0 Å². The second-order valence-corrected chi connectivity index (χ2v) is 6.90. The van der Waals surface area contributed by atoms with Crippen LogP contribution in [0.4, 0.5) is 0 Å². The predicted octanol–water partition coefficient (Wildman–Crippen LogP) is 5.40. The zero-order chi connectivity index (χ0) is 11.3. The molecule has 0 bridgehead atoms. The Morgan fingerprint density at radius 3 is 2.60 bits per heavy atom. The van der Waals surface area contributed by atoms with Crippen LogP contribution in [0, 0.1) is 17.8 Å². The van der Waals surface area contributed by atoms with Crippen LogP contribution in [0.5, 0.6) is 0 Å². The van der Waals surface area contributed by atoms with Crippen molar-refractivity contribution in [1.82, 2.24) is 0 Å². The monoisotopic (exact) mass is 274 g/mol. The summed E-state index contributed by atoms with van der Waals surface area (Å²) in [6.07, 6.45) is 10.0. The first kappa shape index (κ1) is 13.5. The molecule has 0 saturated heterocycles. The van der Waals surface area contributed by atoms with E-state index in [4.69, 9.17) is 0 Å². The Balaban J connectivity index is 2.34. The number of hydrogen-bond donors (Lipinski definition) is 0. The Bertz CT molecular complexity index is 165. The molecule has 0 N–H and O–H groups in total. The standard InChI is InChI=1S/C14H27Br/c1-4-6-14(15)13-8-5-7-12(10-13)9-11(2)3/h11-14H,4-10H2,1-3H3. The van der Waals surface area contributed by atoms with Crippen LogP contribution in [-0.4, -0.2) is 4.83 Å². The van der Waals surface area contributed by atoms with Crippen molar-refractivity contribution in [1.29, 1.82) is 0 Å². The second kappa shape index (κ2) is 6.93. The van der Waals surface area contributed by atoms with Gasteiger partial charge in [0.25, 0.3) is 0 Å². The summed E-state index contributed by atoms with van der Waals surface area (Å²) >= 11 is 3.89. The van der Waals surface area contributed by atoms with E-state index in [0.29, 0.717) is 0 Å². The first-order valence-corrected chi connectivity index (χ1v) is 7.69. The molecule has 0 aliphatic heterocycles. The second-order valence-electron chi connectivity index (χ2n) is 5.73. The Morgan fingerprint density at radius 2 is 2.00 bits per heavy atom. The number of alkyl halides is 1. The minimum absolute atomic E-state index is 0.789. The van der Waals surface area contributed by atoms with Crippen molar-refractivity contribution < 1.29 is 0 Å². The van der Waals surface area contributed by atoms with Crippen LogP contribution < -0.4 is 0 Å². The Hall–Kier alpha value is 0.480. The average molecular weight is 275 g/mol. The quantitative estimate of drug-likeness (QED) is 0.589. The van der Waals surface area contributed by atoms with Crippen molar-refractivity contribution in [3.63, 3.8) is 0 Å². The molecular formula is C14H27Br. The molecule has 0 heterocycles. The van der Waals surface area contributed by atoms with Gasteiger partial charge in [-0.1, -0.05) is 56.0 Å². The third kappa shape index (κ3) is 4.89. The van der Waals surface area contributed by atoms with Crippen LogP contribution in [0.2, 0.25) is 0 Å². The summed E-state index contributed by atoms with van der Waals surface area (Å²) in [4.78, 5) is 0.789. The van der Waals surface area contributed by atoms with Crippen molar-refractivity contribution in [2.24, 2.45) is 17.8 Å². The molecule has 0 nitrogen and oxygen atoms in total. The fourth-order valence-electron chi connectivity index (χ4n) is 3.05. The summed E-state index contributed by atoms with van der Waals surface area (Å²) in [5.74, 6) is 2.86. The summed E-state index contributed by atoms with van der Waals surface area (Å²) in [5.41, 5.74) is 0. The Kier molecular flexibility index (Phi) is 6.26. The van der Waals surface area contributed by atoms with E-state index in [2.05, 4.69) is 36.7 Å². The molecule has 1 heteroatoms. The van der Waals surface area contributed by atoms with E-state index >= 15 is 0 Å². The van der Waals surface area contributed by atoms with Gasteiger partial charge in [-0.25, -0.2) is 0 Å². The van der Waals surface area contributed by atoms with Crippen molar-refractivity contribution in [3.8, 4) is 0 Å². The smallest absolute Gasteiger partial charge is 0.0174 e. The summed E-state index contributed by atoms with van der Waals surface area (Å²) < 4.78 is 0. The van der Waals surface area contributed by atoms with E-state index in [1.54, 1.807) is 0 Å². The highest BCUT2D eigenvalue weighted by molar-refractivity contribution is 9.09. The largest absolute Gasteiger partial charge is 0.0888 e. The van der Waals surface area contributed by atoms with Gasteiger partial charge >= 0.3 is 0 Å². The predicted molar refractivity (Wildman–Crippen MR) is 72.5 cm³/mol. The van der Waals surface area contributed by atoms with Gasteiger partial charge in [0.15, 0.2) is 0 Å². The van der Waals surface area contributed by atoms with Gasteiger partial charge < -0.3 is 0 Å². The van der Waals surface area contributed by atoms with Gasteiger partial charge in [0.1, 0.15) is 0 Å². The van der Waals surface area contributed by atoms with Gasteiger partial charge in [-0.3, -0.25) is 0 Å². The van der Waals surface area contributed by atoms with Crippen LogP contribution in [0.15, 0.2) is 0 Å². The highest BCUT2D eigenvalue weighted by Crippen LogP contribution is 2.37. The van der Waals surface area contributed by atoms with Crippen molar-refractivity contribution in [2.45, 2.75) is 70.5 Å². The molecule has 0 aromatic rings. The van der Waals surface area contributed by atoms with E-state index in [-0.39, 0.29) is 0 Å². The van der Waals surface area contributed by atoms with Gasteiger partial charge in [0.2, 0.25) is 0 Å². The third-order valence-electron chi connectivity index (χ3n) is 3.70. The van der Waals surface area contributed by atoms with Gasteiger partial charge in [0.05, 0.1) is 0 Å². The first-order chi connectivity index (χ1) is 7.13. The molecule has 1 saturated carbocycles. The lowest BCUT2D eigenvalue weighted by Gasteiger charge is -2.33. The molecule has 3 atom stereocenters. The van der Waals surface area contributed by atoms with E-state index in [1.807, 2.05) is 0 Å². The zero-order valence-corrected chi connectivity index (χ0v) is 12.2. The normalized spacial score (nSPS) is 29.4. The first-order valence-electron chi connectivity index (χ1n) is 6.77. The fraction of sp³-hybridized carbons (Fsp3) is 1.00. The van der Waals surface area contributed by atoms with Crippen LogP contribution in [0.1, 0.15) is 65.7 Å². The average Bonchev–Trinajstić information content (AvgIpc) is 2.17. The molecule has 1 aliphatic carbocycles. The summed E-state index contributed by atoms with van der Waals surface area (Å²) in [6.45, 7) is 7.02. The molecule has 3 unspecified atom stereocenters. The lowest BCUT2D eigenvalue weighted by atomic mass is 9.76.